The van der Waals surface area contributed by atoms with E-state index in [-0.39, 0.29) is 5.56 Å². The summed E-state index contributed by atoms with van der Waals surface area (Å²) in [5.74, 6) is 0.395. The van der Waals surface area contributed by atoms with Crippen LogP contribution < -0.4 is 4.74 Å². The van der Waals surface area contributed by atoms with Crippen molar-refractivity contribution in [1.29, 1.82) is 0 Å². The van der Waals surface area contributed by atoms with E-state index in [1.807, 2.05) is 12.1 Å². The zero-order chi connectivity index (χ0) is 14.4. The number of aldehydes is 1. The number of methoxy groups -OCH3 is 1. The third-order valence-corrected chi connectivity index (χ3v) is 2.78. The first-order valence-corrected chi connectivity index (χ1v) is 6.23. The molecular formula is C16H15FO3. The maximum Gasteiger partial charge on any atom is 0.150 e. The van der Waals surface area contributed by atoms with Gasteiger partial charge in [-0.05, 0) is 36.2 Å². The second kappa shape index (κ2) is 6.82. The maximum absolute atomic E-state index is 13.3. The van der Waals surface area contributed by atoms with Gasteiger partial charge in [0.05, 0.1) is 6.61 Å². The van der Waals surface area contributed by atoms with Gasteiger partial charge < -0.3 is 9.47 Å². The van der Waals surface area contributed by atoms with Gasteiger partial charge in [-0.25, -0.2) is 4.39 Å². The fourth-order valence-corrected chi connectivity index (χ4v) is 1.79. The molecule has 0 saturated heterocycles. The summed E-state index contributed by atoms with van der Waals surface area (Å²) in [6.07, 6.45) is 1.41. The third kappa shape index (κ3) is 3.90. The van der Waals surface area contributed by atoms with Crippen LogP contribution in [0.1, 0.15) is 15.9 Å². The highest BCUT2D eigenvalue weighted by Crippen LogP contribution is 2.23. The van der Waals surface area contributed by atoms with Crippen LogP contribution in [0.3, 0.4) is 0 Å². The molecule has 0 spiro atoms. The predicted molar refractivity (Wildman–Crippen MR) is 73.9 cm³/mol. The average Bonchev–Trinajstić information content (AvgIpc) is 2.46. The highest BCUT2D eigenvalue weighted by Gasteiger charge is 2.03. The summed E-state index contributed by atoms with van der Waals surface area (Å²) in [7, 11) is 1.66. The molecule has 0 bridgehead atoms. The van der Waals surface area contributed by atoms with Gasteiger partial charge in [-0.2, -0.15) is 0 Å². The Morgan fingerprint density at radius 2 is 1.85 bits per heavy atom. The first-order valence-electron chi connectivity index (χ1n) is 6.23. The molecule has 0 N–H and O–H groups in total. The van der Waals surface area contributed by atoms with Gasteiger partial charge in [0.25, 0.3) is 0 Å². The quantitative estimate of drug-likeness (QED) is 0.755. The Morgan fingerprint density at radius 1 is 1.10 bits per heavy atom. The first-order chi connectivity index (χ1) is 9.71. The van der Waals surface area contributed by atoms with Crippen LogP contribution in [-0.2, 0) is 11.2 Å². The predicted octanol–water partition coefficient (Wildman–Crippen LogP) is 3.62. The fourth-order valence-electron chi connectivity index (χ4n) is 1.79. The second-order valence-electron chi connectivity index (χ2n) is 4.33. The standard InChI is InChI=1S/C16H15FO3/c1-19-7-6-12-2-4-15(5-3-12)20-16-9-13(11-18)8-14(17)10-16/h2-5,8-11H,6-7H2,1H3. The lowest BCUT2D eigenvalue weighted by Gasteiger charge is -2.07. The van der Waals surface area contributed by atoms with Crippen LogP contribution >= 0.6 is 0 Å². The number of carbonyl (C=O) groups is 1. The maximum atomic E-state index is 13.3. The lowest BCUT2D eigenvalue weighted by molar-refractivity contribution is 0.112. The van der Waals surface area contributed by atoms with Gasteiger partial charge in [0.15, 0.2) is 0 Å². The molecule has 2 aromatic carbocycles. The van der Waals surface area contributed by atoms with E-state index in [0.29, 0.717) is 24.4 Å². The summed E-state index contributed by atoms with van der Waals surface area (Å²) < 4.78 is 23.8. The van der Waals surface area contributed by atoms with Crippen molar-refractivity contribution < 1.29 is 18.7 Å². The number of rotatable bonds is 6. The summed E-state index contributed by atoms with van der Waals surface area (Å²) in [6.45, 7) is 0.660. The molecule has 0 atom stereocenters. The van der Waals surface area contributed by atoms with Crippen molar-refractivity contribution in [2.75, 3.05) is 13.7 Å². The van der Waals surface area contributed by atoms with E-state index < -0.39 is 5.82 Å². The number of halogens is 1. The summed E-state index contributed by atoms with van der Waals surface area (Å²) in [5.41, 5.74) is 1.38. The first kappa shape index (κ1) is 14.2. The van der Waals surface area contributed by atoms with Gasteiger partial charge in [-0.3, -0.25) is 4.79 Å². The Morgan fingerprint density at radius 3 is 2.50 bits per heavy atom. The van der Waals surface area contributed by atoms with Crippen molar-refractivity contribution in [2.45, 2.75) is 6.42 Å². The average molecular weight is 274 g/mol. The molecule has 0 aromatic heterocycles. The molecule has 0 amide bonds. The van der Waals surface area contributed by atoms with E-state index >= 15 is 0 Å². The Balaban J connectivity index is 2.09. The van der Waals surface area contributed by atoms with Crippen LogP contribution in [0, 0.1) is 5.82 Å². The number of hydrogen-bond acceptors (Lipinski definition) is 3. The minimum absolute atomic E-state index is 0.247. The largest absolute Gasteiger partial charge is 0.457 e. The third-order valence-electron chi connectivity index (χ3n) is 2.78. The molecule has 104 valence electrons. The van der Waals surface area contributed by atoms with Crippen molar-refractivity contribution >= 4 is 6.29 Å². The van der Waals surface area contributed by atoms with E-state index in [0.717, 1.165) is 18.1 Å². The summed E-state index contributed by atoms with van der Waals surface area (Å²) in [4.78, 5) is 10.7. The fraction of sp³-hybridized carbons (Fsp3) is 0.188. The smallest absolute Gasteiger partial charge is 0.150 e. The zero-order valence-electron chi connectivity index (χ0n) is 11.1. The molecule has 4 heteroatoms. The number of hydrogen-bond donors (Lipinski definition) is 0. The van der Waals surface area contributed by atoms with Crippen LogP contribution in [0.25, 0.3) is 0 Å². The van der Waals surface area contributed by atoms with Gasteiger partial charge >= 0.3 is 0 Å². The molecule has 0 aliphatic heterocycles. The molecule has 0 aliphatic rings. The molecule has 2 aromatic rings. The minimum Gasteiger partial charge on any atom is -0.457 e. The summed E-state index contributed by atoms with van der Waals surface area (Å²) >= 11 is 0. The second-order valence-corrected chi connectivity index (χ2v) is 4.33. The van der Waals surface area contributed by atoms with E-state index in [1.54, 1.807) is 19.2 Å². The van der Waals surface area contributed by atoms with Crippen molar-refractivity contribution in [3.8, 4) is 11.5 Å². The van der Waals surface area contributed by atoms with Gasteiger partial charge in [-0.1, -0.05) is 12.1 Å². The molecule has 2 rings (SSSR count). The van der Waals surface area contributed by atoms with Gasteiger partial charge in [0.1, 0.15) is 23.6 Å². The van der Waals surface area contributed by atoms with Crippen LogP contribution in [0.4, 0.5) is 4.39 Å². The molecule has 20 heavy (non-hydrogen) atoms. The Hall–Kier alpha value is -2.20. The van der Waals surface area contributed by atoms with Gasteiger partial charge in [0.2, 0.25) is 0 Å². The van der Waals surface area contributed by atoms with Crippen molar-refractivity contribution in [3.63, 3.8) is 0 Å². The molecule has 0 unspecified atom stereocenters. The zero-order valence-corrected chi connectivity index (χ0v) is 11.1. The molecule has 0 fully saturated rings. The molecule has 0 aliphatic carbocycles. The topological polar surface area (TPSA) is 35.5 Å². The lowest BCUT2D eigenvalue weighted by Crippen LogP contribution is -1.94. The number of benzene rings is 2. The SMILES string of the molecule is COCCc1ccc(Oc2cc(F)cc(C=O)c2)cc1. The van der Waals surface area contributed by atoms with Crippen LogP contribution in [0.15, 0.2) is 42.5 Å². The Kier molecular flexibility index (Phi) is 4.85. The molecule has 0 saturated carbocycles. The van der Waals surface area contributed by atoms with Crippen molar-refractivity contribution in [2.24, 2.45) is 0 Å². The lowest BCUT2D eigenvalue weighted by atomic mass is 10.1. The highest BCUT2D eigenvalue weighted by atomic mass is 19.1. The molecular weight excluding hydrogens is 259 g/mol. The van der Waals surface area contributed by atoms with E-state index in [2.05, 4.69) is 0 Å². The van der Waals surface area contributed by atoms with Crippen LogP contribution in [0.5, 0.6) is 11.5 Å². The van der Waals surface area contributed by atoms with Crippen LogP contribution in [0.2, 0.25) is 0 Å². The van der Waals surface area contributed by atoms with E-state index in [9.17, 15) is 9.18 Å². The normalized spacial score (nSPS) is 10.3. The van der Waals surface area contributed by atoms with E-state index in [4.69, 9.17) is 9.47 Å². The number of carbonyl (C=O) groups excluding carboxylic acids is 1. The minimum atomic E-state index is -0.499. The van der Waals surface area contributed by atoms with Gasteiger partial charge in [-0.15, -0.1) is 0 Å². The Labute approximate surface area is 117 Å². The van der Waals surface area contributed by atoms with Crippen LogP contribution in [-0.4, -0.2) is 20.0 Å². The van der Waals surface area contributed by atoms with E-state index in [1.165, 1.54) is 12.1 Å². The molecule has 0 heterocycles. The van der Waals surface area contributed by atoms with Gasteiger partial charge in [0, 0.05) is 18.7 Å². The monoisotopic (exact) mass is 274 g/mol. The van der Waals surface area contributed by atoms with Crippen molar-refractivity contribution in [1.82, 2.24) is 0 Å². The number of ether oxygens (including phenoxy) is 2. The summed E-state index contributed by atoms with van der Waals surface area (Å²) in [6, 6.07) is 11.4. The molecule has 0 radical (unpaired) electrons. The summed E-state index contributed by atoms with van der Waals surface area (Å²) in [5, 5.41) is 0. The van der Waals surface area contributed by atoms with Crippen molar-refractivity contribution in [3.05, 3.63) is 59.4 Å². The Bertz CT molecular complexity index is 579. The highest BCUT2D eigenvalue weighted by molar-refractivity contribution is 5.75. The molecule has 3 nitrogen and oxygen atoms in total.